The molecule has 1 aromatic rings. The third-order valence-corrected chi connectivity index (χ3v) is 3.92. The molecule has 1 N–H and O–H groups in total. The van der Waals surface area contributed by atoms with Crippen LogP contribution in [-0.2, 0) is 6.54 Å². The summed E-state index contributed by atoms with van der Waals surface area (Å²) in [7, 11) is 0. The van der Waals surface area contributed by atoms with Gasteiger partial charge in [0.05, 0.1) is 6.54 Å². The molecule has 0 radical (unpaired) electrons. The van der Waals surface area contributed by atoms with Crippen LogP contribution in [0, 0.1) is 6.92 Å². The molecule has 2 amide bonds. The minimum Gasteiger partial charge on any atom is -0.331 e. The average molecular weight is 253 g/mol. The van der Waals surface area contributed by atoms with Crippen LogP contribution in [0.1, 0.15) is 36.4 Å². The number of nitrogens with one attached hydrogen (secondary N) is 1. The first-order valence-electron chi connectivity index (χ1n) is 6.19. The number of carbonyl (C=O) groups excluding carboxylic acids is 1. The van der Waals surface area contributed by atoms with Gasteiger partial charge in [-0.2, -0.15) is 0 Å². The van der Waals surface area contributed by atoms with Crippen molar-refractivity contribution in [2.75, 3.05) is 13.1 Å². The molecule has 1 aliphatic rings. The Morgan fingerprint density at radius 1 is 1.41 bits per heavy atom. The first-order valence-corrected chi connectivity index (χ1v) is 7.07. The van der Waals surface area contributed by atoms with Crippen molar-refractivity contribution in [1.29, 1.82) is 0 Å². The second-order valence-corrected chi connectivity index (χ2v) is 5.39. The molecule has 0 aromatic carbocycles. The van der Waals surface area contributed by atoms with Crippen molar-refractivity contribution in [3.05, 3.63) is 16.1 Å². The van der Waals surface area contributed by atoms with E-state index in [1.54, 1.807) is 11.3 Å². The Bertz CT molecular complexity index is 370. The van der Waals surface area contributed by atoms with Crippen LogP contribution in [0.2, 0.25) is 0 Å². The number of hydrogen-bond donors (Lipinski definition) is 1. The van der Waals surface area contributed by atoms with Gasteiger partial charge in [-0.15, -0.1) is 11.3 Å². The normalized spacial score (nSPS) is 16.6. The largest absolute Gasteiger partial charge is 0.331 e. The summed E-state index contributed by atoms with van der Waals surface area (Å²) < 4.78 is 0. The molecule has 1 aromatic heterocycles. The van der Waals surface area contributed by atoms with Gasteiger partial charge in [0.1, 0.15) is 5.01 Å². The van der Waals surface area contributed by atoms with Crippen molar-refractivity contribution in [2.24, 2.45) is 0 Å². The predicted molar refractivity (Wildman–Crippen MR) is 69.1 cm³/mol. The Hall–Kier alpha value is -1.10. The van der Waals surface area contributed by atoms with E-state index in [1.165, 1.54) is 12.8 Å². The van der Waals surface area contributed by atoms with Gasteiger partial charge in [-0.3, -0.25) is 0 Å². The molecule has 1 saturated heterocycles. The summed E-state index contributed by atoms with van der Waals surface area (Å²) in [5.41, 5.74) is 1.02. The molecule has 4 nitrogen and oxygen atoms in total. The van der Waals surface area contributed by atoms with Crippen molar-refractivity contribution >= 4 is 17.4 Å². The summed E-state index contributed by atoms with van der Waals surface area (Å²) in [4.78, 5) is 18.2. The van der Waals surface area contributed by atoms with E-state index in [0.717, 1.165) is 36.6 Å². The summed E-state index contributed by atoms with van der Waals surface area (Å²) in [5.74, 6) is 0. The molecule has 0 bridgehead atoms. The molecule has 94 valence electrons. The van der Waals surface area contributed by atoms with Gasteiger partial charge in [-0.05, 0) is 19.8 Å². The Labute approximate surface area is 106 Å². The number of rotatable bonds is 2. The summed E-state index contributed by atoms with van der Waals surface area (Å²) in [5, 5.41) is 5.93. The van der Waals surface area contributed by atoms with Gasteiger partial charge in [0.15, 0.2) is 0 Å². The first kappa shape index (κ1) is 12.4. The monoisotopic (exact) mass is 253 g/mol. The second kappa shape index (κ2) is 6.00. The zero-order valence-electron chi connectivity index (χ0n) is 10.2. The van der Waals surface area contributed by atoms with Gasteiger partial charge in [-0.25, -0.2) is 9.78 Å². The highest BCUT2D eigenvalue weighted by Crippen LogP contribution is 2.11. The SMILES string of the molecule is Cc1csc(CNC(=O)N2CCCCCC2)n1. The molecule has 1 aliphatic heterocycles. The molecule has 0 spiro atoms. The highest BCUT2D eigenvalue weighted by molar-refractivity contribution is 7.09. The fourth-order valence-corrected chi connectivity index (χ4v) is 2.73. The van der Waals surface area contributed by atoms with E-state index in [4.69, 9.17) is 0 Å². The number of amides is 2. The molecule has 1 fully saturated rings. The molecular formula is C12H19N3OS. The molecular weight excluding hydrogens is 234 g/mol. The highest BCUT2D eigenvalue weighted by Gasteiger charge is 2.15. The number of aromatic nitrogens is 1. The number of hydrogen-bond acceptors (Lipinski definition) is 3. The van der Waals surface area contributed by atoms with Crippen LogP contribution in [-0.4, -0.2) is 29.0 Å². The summed E-state index contributed by atoms with van der Waals surface area (Å²) in [6.07, 6.45) is 4.75. The van der Waals surface area contributed by atoms with Crippen LogP contribution in [0.4, 0.5) is 4.79 Å². The molecule has 0 aliphatic carbocycles. The number of urea groups is 1. The Balaban J connectivity index is 1.79. The molecule has 0 unspecified atom stereocenters. The zero-order chi connectivity index (χ0) is 12.1. The quantitative estimate of drug-likeness (QED) is 0.880. The first-order chi connectivity index (χ1) is 8.25. The summed E-state index contributed by atoms with van der Waals surface area (Å²) in [6, 6.07) is 0.0553. The van der Waals surface area contributed by atoms with Crippen molar-refractivity contribution in [3.8, 4) is 0 Å². The van der Waals surface area contributed by atoms with Crippen LogP contribution in [0.15, 0.2) is 5.38 Å². The zero-order valence-corrected chi connectivity index (χ0v) is 11.1. The van der Waals surface area contributed by atoms with E-state index >= 15 is 0 Å². The highest BCUT2D eigenvalue weighted by atomic mass is 32.1. The van der Waals surface area contributed by atoms with Gasteiger partial charge in [0, 0.05) is 24.2 Å². The number of nitrogens with zero attached hydrogens (tertiary/aromatic N) is 2. The third-order valence-electron chi connectivity index (χ3n) is 2.95. The Morgan fingerprint density at radius 2 is 2.12 bits per heavy atom. The maximum atomic E-state index is 11.9. The van der Waals surface area contributed by atoms with Crippen LogP contribution >= 0.6 is 11.3 Å². The summed E-state index contributed by atoms with van der Waals surface area (Å²) in [6.45, 7) is 4.30. The van der Waals surface area contributed by atoms with Crippen molar-refractivity contribution < 1.29 is 4.79 Å². The van der Waals surface area contributed by atoms with E-state index in [2.05, 4.69) is 10.3 Å². The van der Waals surface area contributed by atoms with Gasteiger partial charge < -0.3 is 10.2 Å². The number of likely N-dealkylation sites (tertiary alicyclic amines) is 1. The lowest BCUT2D eigenvalue weighted by Gasteiger charge is -2.20. The van der Waals surface area contributed by atoms with Crippen LogP contribution in [0.3, 0.4) is 0 Å². The summed E-state index contributed by atoms with van der Waals surface area (Å²) >= 11 is 1.60. The van der Waals surface area contributed by atoms with Gasteiger partial charge >= 0.3 is 6.03 Å². The minimum absolute atomic E-state index is 0.0553. The lowest BCUT2D eigenvalue weighted by atomic mass is 10.2. The Morgan fingerprint density at radius 3 is 2.71 bits per heavy atom. The second-order valence-electron chi connectivity index (χ2n) is 4.44. The fraction of sp³-hybridized carbons (Fsp3) is 0.667. The predicted octanol–water partition coefficient (Wildman–Crippen LogP) is 2.54. The van der Waals surface area contributed by atoms with Crippen molar-refractivity contribution in [1.82, 2.24) is 15.2 Å². The topological polar surface area (TPSA) is 45.2 Å². The van der Waals surface area contributed by atoms with Crippen LogP contribution < -0.4 is 5.32 Å². The number of carbonyl (C=O) groups is 1. The van der Waals surface area contributed by atoms with Gasteiger partial charge in [0.25, 0.3) is 0 Å². The maximum absolute atomic E-state index is 11.9. The Kier molecular flexibility index (Phi) is 4.36. The molecule has 5 heteroatoms. The van der Waals surface area contributed by atoms with E-state index in [9.17, 15) is 4.79 Å². The minimum atomic E-state index is 0.0553. The maximum Gasteiger partial charge on any atom is 0.317 e. The fourth-order valence-electron chi connectivity index (χ4n) is 2.02. The van der Waals surface area contributed by atoms with E-state index in [1.807, 2.05) is 17.2 Å². The standard InChI is InChI=1S/C12H19N3OS/c1-10-9-17-11(14-10)8-13-12(16)15-6-4-2-3-5-7-15/h9H,2-8H2,1H3,(H,13,16). The number of thiazole rings is 1. The van der Waals surface area contributed by atoms with Crippen molar-refractivity contribution in [3.63, 3.8) is 0 Å². The average Bonchev–Trinajstić information content (AvgIpc) is 2.58. The third kappa shape index (κ3) is 3.70. The molecule has 2 rings (SSSR count). The molecule has 0 saturated carbocycles. The van der Waals surface area contributed by atoms with Crippen molar-refractivity contribution in [2.45, 2.75) is 39.2 Å². The van der Waals surface area contributed by atoms with Gasteiger partial charge in [0.2, 0.25) is 0 Å². The lowest BCUT2D eigenvalue weighted by molar-refractivity contribution is 0.199. The number of aryl methyl sites for hydroxylation is 1. The van der Waals surface area contributed by atoms with E-state index in [0.29, 0.717) is 6.54 Å². The van der Waals surface area contributed by atoms with E-state index < -0.39 is 0 Å². The van der Waals surface area contributed by atoms with Crippen LogP contribution in [0.25, 0.3) is 0 Å². The van der Waals surface area contributed by atoms with Gasteiger partial charge in [-0.1, -0.05) is 12.8 Å². The molecule has 2 heterocycles. The molecule has 0 atom stereocenters. The lowest BCUT2D eigenvalue weighted by Crippen LogP contribution is -2.40. The van der Waals surface area contributed by atoms with Crippen LogP contribution in [0.5, 0.6) is 0 Å². The van der Waals surface area contributed by atoms with E-state index in [-0.39, 0.29) is 6.03 Å². The molecule has 17 heavy (non-hydrogen) atoms. The smallest absolute Gasteiger partial charge is 0.317 e.